The Morgan fingerprint density at radius 3 is 2.10 bits per heavy atom. The summed E-state index contributed by atoms with van der Waals surface area (Å²) < 4.78 is 27.3. The number of aryl methyl sites for hydroxylation is 1. The lowest BCUT2D eigenvalue weighted by molar-refractivity contribution is 0.0935. The average molecular weight is 409 g/mol. The molecule has 0 aliphatic carbocycles. The van der Waals surface area contributed by atoms with Crippen molar-refractivity contribution in [2.24, 2.45) is 0 Å². The van der Waals surface area contributed by atoms with Crippen molar-refractivity contribution in [3.8, 4) is 0 Å². The molecule has 1 amide bonds. The van der Waals surface area contributed by atoms with Crippen LogP contribution in [0.25, 0.3) is 0 Å². The number of carbonyl (C=O) groups excluding carboxylic acids is 1. The van der Waals surface area contributed by atoms with E-state index in [1.807, 2.05) is 38.1 Å². The maximum atomic E-state index is 12.6. The molecule has 0 unspecified atom stereocenters. The van der Waals surface area contributed by atoms with Crippen molar-refractivity contribution in [2.45, 2.75) is 31.2 Å². The van der Waals surface area contributed by atoms with Gasteiger partial charge in [-0.05, 0) is 55.3 Å². The molecule has 6 heteroatoms. The second-order valence-corrected chi connectivity index (χ2v) is 8.52. The smallest absolute Gasteiger partial charge is 0.261 e. The molecule has 3 aromatic carbocycles. The lowest BCUT2D eigenvalue weighted by atomic mass is 10.0. The number of sulfonamides is 1. The Morgan fingerprint density at radius 1 is 0.897 bits per heavy atom. The number of nitrogens with one attached hydrogen (secondary N) is 2. The van der Waals surface area contributed by atoms with Crippen molar-refractivity contribution in [1.29, 1.82) is 0 Å². The molecule has 3 aromatic rings. The molecule has 0 aliphatic heterocycles. The number of rotatable bonds is 7. The van der Waals surface area contributed by atoms with E-state index in [9.17, 15) is 13.2 Å². The first-order valence-corrected chi connectivity index (χ1v) is 10.9. The molecule has 150 valence electrons. The molecule has 0 spiro atoms. The highest BCUT2D eigenvalue weighted by Gasteiger charge is 2.16. The van der Waals surface area contributed by atoms with Gasteiger partial charge < -0.3 is 5.32 Å². The fourth-order valence-electron chi connectivity index (χ4n) is 2.96. The second kappa shape index (κ2) is 8.92. The minimum absolute atomic E-state index is 0.0839. The Morgan fingerprint density at radius 2 is 1.52 bits per heavy atom. The van der Waals surface area contributed by atoms with Gasteiger partial charge in [0.05, 0.1) is 10.9 Å². The summed E-state index contributed by atoms with van der Waals surface area (Å²) in [6.45, 7) is 4.04. The van der Waals surface area contributed by atoms with Crippen molar-refractivity contribution in [1.82, 2.24) is 5.32 Å². The number of benzene rings is 3. The topological polar surface area (TPSA) is 75.3 Å². The van der Waals surface area contributed by atoms with Gasteiger partial charge >= 0.3 is 0 Å². The Labute approximate surface area is 171 Å². The fraction of sp³-hybridized carbons (Fsp3) is 0.174. The minimum atomic E-state index is -3.66. The molecule has 1 atom stereocenters. The molecule has 3 rings (SSSR count). The highest BCUT2D eigenvalue weighted by molar-refractivity contribution is 7.92. The molecule has 0 bridgehead atoms. The van der Waals surface area contributed by atoms with Crippen LogP contribution in [0.4, 0.5) is 5.69 Å². The lowest BCUT2D eigenvalue weighted by Crippen LogP contribution is -2.28. The van der Waals surface area contributed by atoms with E-state index in [1.54, 1.807) is 42.5 Å². The van der Waals surface area contributed by atoms with Gasteiger partial charge in [-0.1, -0.05) is 55.0 Å². The van der Waals surface area contributed by atoms with Crippen LogP contribution in [0.15, 0.2) is 83.8 Å². The van der Waals surface area contributed by atoms with Crippen LogP contribution in [0.1, 0.15) is 40.9 Å². The quantitative estimate of drug-likeness (QED) is 0.596. The Balaban J connectivity index is 1.69. The van der Waals surface area contributed by atoms with Gasteiger partial charge in [0, 0.05) is 11.3 Å². The summed E-state index contributed by atoms with van der Waals surface area (Å²) in [5.41, 5.74) is 3.09. The van der Waals surface area contributed by atoms with Gasteiger partial charge in [0.2, 0.25) is 0 Å². The van der Waals surface area contributed by atoms with E-state index in [2.05, 4.69) is 10.0 Å². The number of amides is 1. The van der Waals surface area contributed by atoms with Crippen LogP contribution in [0.3, 0.4) is 0 Å². The minimum Gasteiger partial charge on any atom is -0.345 e. The maximum Gasteiger partial charge on any atom is 0.261 e. The SMILES string of the molecule is CC[C@H](NC(=O)c1ccc(NS(=O)(=O)c2ccccc2)cc1)c1ccc(C)cc1. The Hall–Kier alpha value is -3.12. The molecule has 0 aliphatic rings. The van der Waals surface area contributed by atoms with Gasteiger partial charge in [0.15, 0.2) is 0 Å². The zero-order chi connectivity index (χ0) is 20.9. The van der Waals surface area contributed by atoms with E-state index in [4.69, 9.17) is 0 Å². The summed E-state index contributed by atoms with van der Waals surface area (Å²) in [5, 5.41) is 3.03. The van der Waals surface area contributed by atoms with Crippen molar-refractivity contribution >= 4 is 21.6 Å². The Bertz CT molecular complexity index is 1060. The average Bonchev–Trinajstić information content (AvgIpc) is 2.73. The van der Waals surface area contributed by atoms with Gasteiger partial charge in [-0.3, -0.25) is 9.52 Å². The zero-order valence-electron chi connectivity index (χ0n) is 16.4. The van der Waals surface area contributed by atoms with Crippen molar-refractivity contribution < 1.29 is 13.2 Å². The van der Waals surface area contributed by atoms with Crippen LogP contribution in [0.2, 0.25) is 0 Å². The second-order valence-electron chi connectivity index (χ2n) is 6.84. The summed E-state index contributed by atoms with van der Waals surface area (Å²) in [4.78, 5) is 12.8. The van der Waals surface area contributed by atoms with Crippen molar-refractivity contribution in [3.63, 3.8) is 0 Å². The largest absolute Gasteiger partial charge is 0.345 e. The molecule has 0 aromatic heterocycles. The van der Waals surface area contributed by atoms with Gasteiger partial charge in [-0.15, -0.1) is 0 Å². The van der Waals surface area contributed by atoms with Gasteiger partial charge in [-0.25, -0.2) is 8.42 Å². The predicted molar refractivity (Wildman–Crippen MR) is 115 cm³/mol. The van der Waals surface area contributed by atoms with Crippen LogP contribution in [-0.4, -0.2) is 14.3 Å². The van der Waals surface area contributed by atoms with Gasteiger partial charge in [0.25, 0.3) is 15.9 Å². The normalized spacial score (nSPS) is 12.2. The molecule has 0 saturated carbocycles. The summed E-state index contributed by atoms with van der Waals surface area (Å²) in [6, 6.07) is 22.5. The summed E-state index contributed by atoms with van der Waals surface area (Å²) >= 11 is 0. The molecule has 0 saturated heterocycles. The van der Waals surface area contributed by atoms with Crippen LogP contribution in [0.5, 0.6) is 0 Å². The number of anilines is 1. The van der Waals surface area contributed by atoms with E-state index in [0.717, 1.165) is 12.0 Å². The van der Waals surface area contributed by atoms with Gasteiger partial charge in [-0.2, -0.15) is 0 Å². The summed E-state index contributed by atoms with van der Waals surface area (Å²) in [7, 11) is -3.66. The van der Waals surface area contributed by atoms with Crippen LogP contribution in [-0.2, 0) is 10.0 Å². The molecule has 0 heterocycles. The summed E-state index contributed by atoms with van der Waals surface area (Å²) in [5.74, 6) is -0.199. The number of hydrogen-bond donors (Lipinski definition) is 2. The maximum absolute atomic E-state index is 12.6. The lowest BCUT2D eigenvalue weighted by Gasteiger charge is -2.18. The third-order valence-corrected chi connectivity index (χ3v) is 6.04. The molecular weight excluding hydrogens is 384 g/mol. The first-order chi connectivity index (χ1) is 13.9. The van der Waals surface area contributed by atoms with E-state index >= 15 is 0 Å². The van der Waals surface area contributed by atoms with Crippen LogP contribution < -0.4 is 10.0 Å². The highest BCUT2D eigenvalue weighted by atomic mass is 32.2. The monoisotopic (exact) mass is 408 g/mol. The molecule has 0 fully saturated rings. The van der Waals surface area contributed by atoms with E-state index in [0.29, 0.717) is 11.3 Å². The van der Waals surface area contributed by atoms with E-state index in [-0.39, 0.29) is 16.8 Å². The third-order valence-electron chi connectivity index (χ3n) is 4.65. The molecule has 0 radical (unpaired) electrons. The first-order valence-electron chi connectivity index (χ1n) is 9.44. The van der Waals surface area contributed by atoms with E-state index in [1.165, 1.54) is 17.7 Å². The van der Waals surface area contributed by atoms with Crippen LogP contribution in [0, 0.1) is 6.92 Å². The van der Waals surface area contributed by atoms with E-state index < -0.39 is 10.0 Å². The molecule has 2 N–H and O–H groups in total. The molecule has 5 nitrogen and oxygen atoms in total. The van der Waals surface area contributed by atoms with Crippen molar-refractivity contribution in [2.75, 3.05) is 4.72 Å². The molecule has 29 heavy (non-hydrogen) atoms. The van der Waals surface area contributed by atoms with Gasteiger partial charge in [0.1, 0.15) is 0 Å². The molecular formula is C23H24N2O3S. The zero-order valence-corrected chi connectivity index (χ0v) is 17.2. The number of carbonyl (C=O) groups is 1. The standard InChI is InChI=1S/C23H24N2O3S/c1-3-22(18-11-9-17(2)10-12-18)24-23(26)19-13-15-20(16-14-19)25-29(27,28)21-7-5-4-6-8-21/h4-16,22,25H,3H2,1-2H3,(H,24,26)/t22-/m0/s1. The fourth-order valence-corrected chi connectivity index (χ4v) is 4.04. The van der Waals surface area contributed by atoms with Crippen molar-refractivity contribution in [3.05, 3.63) is 95.6 Å². The highest BCUT2D eigenvalue weighted by Crippen LogP contribution is 2.19. The van der Waals surface area contributed by atoms with Crippen LogP contribution >= 0.6 is 0 Å². The third kappa shape index (κ3) is 5.23. The first kappa shape index (κ1) is 20.6. The number of hydrogen-bond acceptors (Lipinski definition) is 3. The predicted octanol–water partition coefficient (Wildman–Crippen LogP) is 4.68. The summed E-state index contributed by atoms with van der Waals surface area (Å²) in [6.07, 6.45) is 0.768. The Kier molecular flexibility index (Phi) is 6.34.